The number of hydrogen-bond acceptors (Lipinski definition) is 5. The standard InChI is InChI=1S/C22H27N5O3/c1-29-18-10-9-15(14-19(18)30-2)25-22(28)24-13-11-20-26-17-8-5-12-23-21(17)27(20)16-6-3-4-7-16/h5,8-10,12,14,16H,3-4,6-7,11,13H2,1-2H3,(H2,24,25,28). The number of benzene rings is 1. The maximum absolute atomic E-state index is 12.3. The van der Waals surface area contributed by atoms with Gasteiger partial charge in [0.25, 0.3) is 0 Å². The van der Waals surface area contributed by atoms with Gasteiger partial charge >= 0.3 is 6.03 Å². The topological polar surface area (TPSA) is 90.3 Å². The van der Waals surface area contributed by atoms with Crippen molar-refractivity contribution in [2.45, 2.75) is 38.1 Å². The molecule has 2 aromatic heterocycles. The van der Waals surface area contributed by atoms with Gasteiger partial charge in [0.05, 0.1) is 14.2 Å². The van der Waals surface area contributed by atoms with Gasteiger partial charge in [-0.25, -0.2) is 14.8 Å². The Labute approximate surface area is 175 Å². The van der Waals surface area contributed by atoms with E-state index in [-0.39, 0.29) is 6.03 Å². The molecule has 2 heterocycles. The molecular weight excluding hydrogens is 382 g/mol. The number of carbonyl (C=O) groups is 1. The molecule has 0 saturated heterocycles. The lowest BCUT2D eigenvalue weighted by molar-refractivity contribution is 0.252. The van der Waals surface area contributed by atoms with E-state index < -0.39 is 0 Å². The number of nitrogens with one attached hydrogen (secondary N) is 2. The molecule has 1 aliphatic rings. The van der Waals surface area contributed by atoms with Gasteiger partial charge in [0.15, 0.2) is 17.1 Å². The van der Waals surface area contributed by atoms with E-state index >= 15 is 0 Å². The predicted molar refractivity (Wildman–Crippen MR) is 115 cm³/mol. The Kier molecular flexibility index (Phi) is 6.02. The predicted octanol–water partition coefficient (Wildman–Crippen LogP) is 3.93. The van der Waals surface area contributed by atoms with E-state index in [2.05, 4.69) is 20.2 Å². The van der Waals surface area contributed by atoms with Crippen molar-refractivity contribution in [2.75, 3.05) is 26.1 Å². The normalized spacial score (nSPS) is 14.1. The van der Waals surface area contributed by atoms with Gasteiger partial charge in [0.1, 0.15) is 11.3 Å². The van der Waals surface area contributed by atoms with Crippen LogP contribution in [0.1, 0.15) is 37.5 Å². The van der Waals surface area contributed by atoms with E-state index in [1.165, 1.54) is 12.8 Å². The summed E-state index contributed by atoms with van der Waals surface area (Å²) in [5.74, 6) is 2.15. The first-order chi connectivity index (χ1) is 14.7. The molecule has 8 nitrogen and oxygen atoms in total. The molecule has 0 bridgehead atoms. The van der Waals surface area contributed by atoms with Gasteiger partial charge < -0.3 is 24.7 Å². The minimum atomic E-state index is -0.274. The van der Waals surface area contributed by atoms with Crippen LogP contribution in [0.25, 0.3) is 11.2 Å². The SMILES string of the molecule is COc1ccc(NC(=O)NCCc2nc3cccnc3n2C2CCCC2)cc1OC. The Morgan fingerprint density at radius 3 is 2.73 bits per heavy atom. The fraction of sp³-hybridized carbons (Fsp3) is 0.409. The molecule has 1 aromatic carbocycles. The highest BCUT2D eigenvalue weighted by molar-refractivity contribution is 5.89. The number of imidazole rings is 1. The number of nitrogens with zero attached hydrogens (tertiary/aromatic N) is 3. The molecule has 1 aliphatic carbocycles. The number of aromatic nitrogens is 3. The van der Waals surface area contributed by atoms with E-state index in [0.29, 0.717) is 36.2 Å². The summed E-state index contributed by atoms with van der Waals surface area (Å²) in [6.45, 7) is 0.481. The van der Waals surface area contributed by atoms with Crippen LogP contribution in [0.5, 0.6) is 11.5 Å². The second-order valence-corrected chi connectivity index (χ2v) is 7.38. The number of carbonyl (C=O) groups excluding carboxylic acids is 1. The molecule has 158 valence electrons. The molecule has 2 N–H and O–H groups in total. The van der Waals surface area contributed by atoms with Crippen LogP contribution >= 0.6 is 0 Å². The summed E-state index contributed by atoms with van der Waals surface area (Å²) < 4.78 is 12.8. The summed E-state index contributed by atoms with van der Waals surface area (Å²) in [5.41, 5.74) is 2.48. The number of pyridine rings is 1. The van der Waals surface area contributed by atoms with Crippen molar-refractivity contribution in [1.29, 1.82) is 0 Å². The van der Waals surface area contributed by atoms with Gasteiger partial charge in [-0.3, -0.25) is 0 Å². The van der Waals surface area contributed by atoms with Crippen molar-refractivity contribution in [2.24, 2.45) is 0 Å². The van der Waals surface area contributed by atoms with E-state index in [1.807, 2.05) is 18.3 Å². The van der Waals surface area contributed by atoms with Gasteiger partial charge in [-0.05, 0) is 37.1 Å². The number of anilines is 1. The van der Waals surface area contributed by atoms with Crippen LogP contribution in [0.3, 0.4) is 0 Å². The average molecular weight is 409 g/mol. The van der Waals surface area contributed by atoms with Crippen molar-refractivity contribution in [3.05, 3.63) is 42.4 Å². The Morgan fingerprint density at radius 2 is 1.97 bits per heavy atom. The van der Waals surface area contributed by atoms with Gasteiger partial charge in [-0.15, -0.1) is 0 Å². The first-order valence-electron chi connectivity index (χ1n) is 10.3. The third-order valence-corrected chi connectivity index (χ3v) is 5.49. The van der Waals surface area contributed by atoms with Gasteiger partial charge in [-0.1, -0.05) is 12.8 Å². The fourth-order valence-electron chi connectivity index (χ4n) is 4.08. The first-order valence-corrected chi connectivity index (χ1v) is 10.3. The minimum Gasteiger partial charge on any atom is -0.493 e. The van der Waals surface area contributed by atoms with E-state index in [1.54, 1.807) is 32.4 Å². The van der Waals surface area contributed by atoms with E-state index in [9.17, 15) is 4.79 Å². The van der Waals surface area contributed by atoms with Crippen LogP contribution in [0.2, 0.25) is 0 Å². The molecular formula is C22H27N5O3. The van der Waals surface area contributed by atoms with Crippen LogP contribution in [0.15, 0.2) is 36.5 Å². The number of urea groups is 1. The largest absolute Gasteiger partial charge is 0.493 e. The lowest BCUT2D eigenvalue weighted by atomic mass is 10.2. The third-order valence-electron chi connectivity index (χ3n) is 5.49. The Balaban J connectivity index is 1.40. The number of hydrogen-bond donors (Lipinski definition) is 2. The van der Waals surface area contributed by atoms with Crippen molar-refractivity contribution in [3.63, 3.8) is 0 Å². The van der Waals surface area contributed by atoms with Gasteiger partial charge in [-0.2, -0.15) is 0 Å². The maximum Gasteiger partial charge on any atom is 0.319 e. The van der Waals surface area contributed by atoms with Crippen LogP contribution < -0.4 is 20.1 Å². The van der Waals surface area contributed by atoms with Crippen molar-refractivity contribution in [3.8, 4) is 11.5 Å². The molecule has 0 unspecified atom stereocenters. The highest BCUT2D eigenvalue weighted by Gasteiger charge is 2.23. The van der Waals surface area contributed by atoms with Gasteiger partial charge in [0.2, 0.25) is 0 Å². The molecule has 1 saturated carbocycles. The molecule has 2 amide bonds. The second kappa shape index (κ2) is 9.02. The smallest absolute Gasteiger partial charge is 0.319 e. The molecule has 3 aromatic rings. The summed E-state index contributed by atoms with van der Waals surface area (Å²) in [5, 5.41) is 5.74. The zero-order valence-electron chi connectivity index (χ0n) is 17.4. The summed E-state index contributed by atoms with van der Waals surface area (Å²) in [7, 11) is 3.14. The Bertz CT molecular complexity index is 1030. The number of fused-ring (bicyclic) bond motifs is 1. The lowest BCUT2D eigenvalue weighted by Crippen LogP contribution is -2.31. The maximum atomic E-state index is 12.3. The zero-order valence-corrected chi connectivity index (χ0v) is 17.4. The molecule has 30 heavy (non-hydrogen) atoms. The molecule has 4 rings (SSSR count). The van der Waals surface area contributed by atoms with Crippen molar-refractivity contribution in [1.82, 2.24) is 19.9 Å². The Hall–Kier alpha value is -3.29. The number of ether oxygens (including phenoxy) is 2. The summed E-state index contributed by atoms with van der Waals surface area (Å²) >= 11 is 0. The molecule has 0 atom stereocenters. The third kappa shape index (κ3) is 4.17. The quantitative estimate of drug-likeness (QED) is 0.617. The molecule has 8 heteroatoms. The van der Waals surface area contributed by atoms with Crippen LogP contribution in [-0.4, -0.2) is 41.3 Å². The van der Waals surface area contributed by atoms with Crippen molar-refractivity contribution >= 4 is 22.9 Å². The average Bonchev–Trinajstić information content (AvgIpc) is 3.40. The zero-order chi connectivity index (χ0) is 20.9. The highest BCUT2D eigenvalue weighted by Crippen LogP contribution is 2.33. The second-order valence-electron chi connectivity index (χ2n) is 7.38. The number of rotatable bonds is 7. The van der Waals surface area contributed by atoms with Gasteiger partial charge in [0, 0.05) is 37.0 Å². The Morgan fingerprint density at radius 1 is 1.17 bits per heavy atom. The first kappa shape index (κ1) is 20.0. The van der Waals surface area contributed by atoms with E-state index in [0.717, 1.165) is 29.8 Å². The fourth-order valence-corrected chi connectivity index (χ4v) is 4.08. The van der Waals surface area contributed by atoms with Crippen molar-refractivity contribution < 1.29 is 14.3 Å². The monoisotopic (exact) mass is 409 g/mol. The highest BCUT2D eigenvalue weighted by atomic mass is 16.5. The molecule has 0 radical (unpaired) electrons. The lowest BCUT2D eigenvalue weighted by Gasteiger charge is -2.16. The number of methoxy groups -OCH3 is 2. The van der Waals surface area contributed by atoms with Crippen LogP contribution in [-0.2, 0) is 6.42 Å². The van der Waals surface area contributed by atoms with Crippen LogP contribution in [0.4, 0.5) is 10.5 Å². The van der Waals surface area contributed by atoms with Crippen LogP contribution in [0, 0.1) is 0 Å². The minimum absolute atomic E-state index is 0.274. The summed E-state index contributed by atoms with van der Waals surface area (Å²) in [6.07, 6.45) is 7.25. The summed E-state index contributed by atoms with van der Waals surface area (Å²) in [6, 6.07) is 9.33. The summed E-state index contributed by atoms with van der Waals surface area (Å²) in [4.78, 5) is 21.7. The number of amides is 2. The molecule has 1 fully saturated rings. The van der Waals surface area contributed by atoms with E-state index in [4.69, 9.17) is 14.5 Å². The molecule has 0 aliphatic heterocycles. The molecule has 0 spiro atoms.